The lowest BCUT2D eigenvalue weighted by Gasteiger charge is -2.38. The first kappa shape index (κ1) is 23.5. The molecule has 0 aliphatic carbocycles. The van der Waals surface area contributed by atoms with E-state index in [9.17, 15) is 13.6 Å². The van der Waals surface area contributed by atoms with Gasteiger partial charge in [-0.25, -0.2) is 13.8 Å². The number of hydrogen-bond acceptors (Lipinski definition) is 8. The Morgan fingerprint density at radius 1 is 1.08 bits per heavy atom. The Labute approximate surface area is 206 Å². The van der Waals surface area contributed by atoms with Crippen LogP contribution in [0, 0.1) is 5.82 Å². The maximum Gasteiger partial charge on any atom is 0.257 e. The molecule has 1 amide bonds. The summed E-state index contributed by atoms with van der Waals surface area (Å²) in [6.07, 6.45) is 9.18. The molecule has 36 heavy (non-hydrogen) atoms. The third kappa shape index (κ3) is 5.38. The third-order valence-corrected chi connectivity index (χ3v) is 5.96. The number of nitrogens with zero attached hydrogens (tertiary/aromatic N) is 7. The summed E-state index contributed by atoms with van der Waals surface area (Å²) in [7, 11) is 0. The number of hydrogen-bond donors (Lipinski definition) is 2. The molecule has 186 valence electrons. The first-order valence-electron chi connectivity index (χ1n) is 11.6. The number of aliphatic imine (C=N–C) groups is 1. The number of amides is 1. The lowest BCUT2D eigenvalue weighted by atomic mass is 10.2. The van der Waals surface area contributed by atoms with Crippen molar-refractivity contribution in [2.45, 2.75) is 12.8 Å². The molecule has 12 heteroatoms. The van der Waals surface area contributed by atoms with E-state index in [2.05, 4.69) is 40.5 Å². The van der Waals surface area contributed by atoms with Gasteiger partial charge in [-0.1, -0.05) is 0 Å². The molecule has 1 fully saturated rings. The van der Waals surface area contributed by atoms with Crippen LogP contribution in [0.3, 0.4) is 0 Å². The molecule has 5 rings (SSSR count). The molecular formula is C24H25F2N9O. The van der Waals surface area contributed by atoms with E-state index in [1.165, 1.54) is 23.1 Å². The fraction of sp³-hybridized carbons (Fsp3) is 0.292. The maximum absolute atomic E-state index is 13.1. The number of nitrogens with one attached hydrogen (secondary N) is 2. The second-order valence-electron chi connectivity index (χ2n) is 8.34. The molecule has 3 aromatic heterocycles. The molecule has 0 aromatic carbocycles. The predicted octanol–water partition coefficient (Wildman–Crippen LogP) is 1.80. The number of aromatic nitrogens is 4. The van der Waals surface area contributed by atoms with Crippen molar-refractivity contribution in [1.29, 1.82) is 0 Å². The van der Waals surface area contributed by atoms with Crippen LogP contribution in [0.15, 0.2) is 65.9 Å². The van der Waals surface area contributed by atoms with Gasteiger partial charge in [-0.15, -0.1) is 0 Å². The van der Waals surface area contributed by atoms with Crippen LogP contribution in [-0.4, -0.2) is 75.9 Å². The van der Waals surface area contributed by atoms with Crippen molar-refractivity contribution in [2.75, 3.05) is 37.8 Å². The van der Waals surface area contributed by atoms with Crippen LogP contribution >= 0.6 is 0 Å². The summed E-state index contributed by atoms with van der Waals surface area (Å²) in [4.78, 5) is 29.9. The van der Waals surface area contributed by atoms with E-state index in [1.807, 2.05) is 0 Å². The van der Waals surface area contributed by atoms with Crippen molar-refractivity contribution in [3.63, 3.8) is 0 Å². The van der Waals surface area contributed by atoms with Gasteiger partial charge in [0.2, 0.25) is 0 Å². The molecular weight excluding hydrogens is 468 g/mol. The maximum atomic E-state index is 13.1. The first-order chi connectivity index (χ1) is 17.6. The zero-order valence-electron chi connectivity index (χ0n) is 19.4. The van der Waals surface area contributed by atoms with Crippen LogP contribution in [0.4, 0.5) is 14.6 Å². The van der Waals surface area contributed by atoms with E-state index >= 15 is 0 Å². The van der Waals surface area contributed by atoms with Crippen molar-refractivity contribution in [1.82, 2.24) is 35.3 Å². The highest BCUT2D eigenvalue weighted by Crippen LogP contribution is 2.17. The van der Waals surface area contributed by atoms with Gasteiger partial charge in [0.05, 0.1) is 42.1 Å². The minimum absolute atomic E-state index is 0.190. The second-order valence-corrected chi connectivity index (χ2v) is 8.34. The molecule has 2 aliphatic heterocycles. The van der Waals surface area contributed by atoms with Crippen molar-refractivity contribution in [3.8, 4) is 11.3 Å². The molecule has 0 radical (unpaired) electrons. The summed E-state index contributed by atoms with van der Waals surface area (Å²) in [6, 6.07) is 6.50. The predicted molar refractivity (Wildman–Crippen MR) is 130 cm³/mol. The molecule has 1 atom stereocenters. The van der Waals surface area contributed by atoms with Crippen LogP contribution in [0.5, 0.6) is 0 Å². The number of rotatable bonds is 7. The number of allylic oxidation sites excluding steroid dienone is 1. The van der Waals surface area contributed by atoms with Crippen LogP contribution in [0.2, 0.25) is 0 Å². The molecule has 10 nitrogen and oxygen atoms in total. The van der Waals surface area contributed by atoms with E-state index in [0.717, 1.165) is 37.6 Å². The molecule has 5 heterocycles. The lowest BCUT2D eigenvalue weighted by Crippen LogP contribution is -2.54. The topological polar surface area (TPSA) is 104 Å². The molecule has 0 spiro atoms. The standard InChI is InChI=1S/C24H25F2N9O/c25-5-6-35-16-18(12-31-35)21-3-1-17(11-27-21)23(36)32-20-14-29-24(30-15-20)34-9-7-33(8-10-34)22-4-2-19(26)13-28-22/h1-4,11-16,24,29H,5-10H2,(H,32,36). The van der Waals surface area contributed by atoms with Gasteiger partial charge in [-0.05, 0) is 24.3 Å². The van der Waals surface area contributed by atoms with Gasteiger partial charge < -0.3 is 15.5 Å². The Morgan fingerprint density at radius 2 is 1.94 bits per heavy atom. The van der Waals surface area contributed by atoms with Gasteiger partial charge >= 0.3 is 0 Å². The van der Waals surface area contributed by atoms with Crippen molar-refractivity contribution in [3.05, 3.63) is 72.3 Å². The quantitative estimate of drug-likeness (QED) is 0.517. The highest BCUT2D eigenvalue weighted by atomic mass is 19.1. The van der Waals surface area contributed by atoms with E-state index in [-0.39, 0.29) is 24.6 Å². The summed E-state index contributed by atoms with van der Waals surface area (Å²) < 4.78 is 27.1. The minimum atomic E-state index is -0.492. The van der Waals surface area contributed by atoms with Gasteiger partial charge in [0.1, 0.15) is 18.3 Å². The summed E-state index contributed by atoms with van der Waals surface area (Å²) in [6.45, 7) is 2.71. The number of piperazine rings is 1. The number of alkyl halides is 1. The van der Waals surface area contributed by atoms with Gasteiger partial charge in [0.25, 0.3) is 5.91 Å². The molecule has 0 bridgehead atoms. The first-order valence-corrected chi connectivity index (χ1v) is 11.6. The summed E-state index contributed by atoms with van der Waals surface area (Å²) in [5.74, 6) is 0.108. The zero-order chi connectivity index (χ0) is 24.9. The number of carbonyl (C=O) groups is 1. The van der Waals surface area contributed by atoms with E-state index in [0.29, 0.717) is 17.0 Å². The van der Waals surface area contributed by atoms with E-state index in [1.54, 1.807) is 43.0 Å². The fourth-order valence-corrected chi connectivity index (χ4v) is 4.02. The summed E-state index contributed by atoms with van der Waals surface area (Å²) in [5.41, 5.74) is 2.34. The van der Waals surface area contributed by atoms with Crippen LogP contribution in [-0.2, 0) is 6.54 Å². The van der Waals surface area contributed by atoms with Crippen molar-refractivity contribution in [2.24, 2.45) is 4.99 Å². The summed E-state index contributed by atoms with van der Waals surface area (Å²) in [5, 5.41) is 10.1. The largest absolute Gasteiger partial charge is 0.356 e. The van der Waals surface area contributed by atoms with Crippen LogP contribution in [0.1, 0.15) is 10.4 Å². The minimum Gasteiger partial charge on any atom is -0.356 e. The molecule has 3 aromatic rings. The Bertz CT molecular complexity index is 1250. The number of aryl methyl sites for hydroxylation is 1. The highest BCUT2D eigenvalue weighted by molar-refractivity contribution is 5.98. The fourth-order valence-electron chi connectivity index (χ4n) is 4.02. The molecule has 1 unspecified atom stereocenters. The second kappa shape index (κ2) is 10.6. The Balaban J connectivity index is 1.11. The van der Waals surface area contributed by atoms with E-state index < -0.39 is 6.67 Å². The molecule has 0 saturated carbocycles. The van der Waals surface area contributed by atoms with Crippen LogP contribution in [0.25, 0.3) is 11.3 Å². The number of halogens is 2. The van der Waals surface area contributed by atoms with Gasteiger partial charge in [0, 0.05) is 50.3 Å². The number of carbonyl (C=O) groups excluding carboxylic acids is 1. The lowest BCUT2D eigenvalue weighted by molar-refractivity contribution is 0.0966. The molecule has 2 aliphatic rings. The normalized spacial score (nSPS) is 18.0. The molecule has 2 N–H and O–H groups in total. The van der Waals surface area contributed by atoms with Gasteiger partial charge in [0.15, 0.2) is 6.29 Å². The SMILES string of the molecule is O=C(NC1=CNC(N2CCN(c3ccc(F)cn3)CC2)N=C1)c1ccc(-c2cnn(CCF)c2)nc1. The Kier molecular flexibility index (Phi) is 6.94. The third-order valence-electron chi connectivity index (χ3n) is 5.96. The summed E-state index contributed by atoms with van der Waals surface area (Å²) >= 11 is 0. The van der Waals surface area contributed by atoms with Crippen molar-refractivity contribution >= 4 is 17.9 Å². The van der Waals surface area contributed by atoms with Gasteiger partial charge in [-0.3, -0.25) is 24.4 Å². The van der Waals surface area contributed by atoms with Crippen molar-refractivity contribution < 1.29 is 13.6 Å². The van der Waals surface area contributed by atoms with Crippen LogP contribution < -0.4 is 15.5 Å². The average Bonchev–Trinajstić information content (AvgIpc) is 3.39. The highest BCUT2D eigenvalue weighted by Gasteiger charge is 2.24. The monoisotopic (exact) mass is 493 g/mol. The molecule has 1 saturated heterocycles. The number of pyridine rings is 2. The van der Waals surface area contributed by atoms with E-state index in [4.69, 9.17) is 0 Å². The average molecular weight is 494 g/mol. The zero-order valence-corrected chi connectivity index (χ0v) is 19.4. The number of anilines is 1. The Morgan fingerprint density at radius 3 is 2.61 bits per heavy atom. The Hall–Kier alpha value is -4.19. The van der Waals surface area contributed by atoms with Gasteiger partial charge in [-0.2, -0.15) is 5.10 Å². The smallest absolute Gasteiger partial charge is 0.257 e.